The van der Waals surface area contributed by atoms with Gasteiger partial charge >= 0.3 is 0 Å². The number of hydrogen-bond acceptors (Lipinski definition) is 3. The number of fused-ring (bicyclic) bond motifs is 1. The van der Waals surface area contributed by atoms with Crippen LogP contribution in [0.2, 0.25) is 15.1 Å². The lowest BCUT2D eigenvalue weighted by Crippen LogP contribution is -2.50. The number of rotatable bonds is 4. The lowest BCUT2D eigenvalue weighted by molar-refractivity contribution is 0.335. The van der Waals surface area contributed by atoms with E-state index in [4.69, 9.17) is 34.8 Å². The van der Waals surface area contributed by atoms with Crippen molar-refractivity contribution in [2.75, 3.05) is 24.5 Å². The quantitative estimate of drug-likeness (QED) is 0.283. The summed E-state index contributed by atoms with van der Waals surface area (Å²) < 4.78 is 28.9. The molecule has 4 nitrogen and oxygen atoms in total. The van der Waals surface area contributed by atoms with Crippen LogP contribution in [0.1, 0.15) is 11.6 Å². The fourth-order valence-electron chi connectivity index (χ4n) is 4.43. The summed E-state index contributed by atoms with van der Waals surface area (Å²) in [7, 11) is -3.70. The highest BCUT2D eigenvalue weighted by atomic mass is 35.5. The lowest BCUT2D eigenvalue weighted by Gasteiger charge is -2.42. The zero-order valence-corrected chi connectivity index (χ0v) is 21.1. The largest absolute Gasteiger partial charge is 0.361 e. The van der Waals surface area contributed by atoms with Gasteiger partial charge in [0.2, 0.25) is 10.0 Å². The van der Waals surface area contributed by atoms with Gasteiger partial charge in [-0.05, 0) is 58.8 Å². The molecular formula is C26H21Cl3N2O2S. The first kappa shape index (κ1) is 23.5. The number of sulfonamides is 1. The molecule has 1 heterocycles. The van der Waals surface area contributed by atoms with Crippen molar-refractivity contribution >= 4 is 61.3 Å². The molecule has 174 valence electrons. The molecule has 5 rings (SSSR count). The molecule has 1 aliphatic heterocycles. The molecule has 1 fully saturated rings. The van der Waals surface area contributed by atoms with E-state index in [2.05, 4.69) is 4.90 Å². The molecule has 0 amide bonds. The Hall–Kier alpha value is -2.28. The van der Waals surface area contributed by atoms with Gasteiger partial charge in [0.05, 0.1) is 21.6 Å². The Morgan fingerprint density at radius 2 is 1.44 bits per heavy atom. The lowest BCUT2D eigenvalue weighted by atomic mass is 10.0. The van der Waals surface area contributed by atoms with E-state index >= 15 is 0 Å². The summed E-state index contributed by atoms with van der Waals surface area (Å²) in [4.78, 5) is 2.42. The zero-order valence-electron chi connectivity index (χ0n) is 18.0. The van der Waals surface area contributed by atoms with E-state index in [1.165, 1.54) is 0 Å². The summed E-state index contributed by atoms with van der Waals surface area (Å²) in [5.41, 5.74) is 1.77. The Morgan fingerprint density at radius 1 is 0.735 bits per heavy atom. The molecule has 34 heavy (non-hydrogen) atoms. The average Bonchev–Trinajstić information content (AvgIpc) is 2.84. The predicted molar refractivity (Wildman–Crippen MR) is 141 cm³/mol. The third-order valence-corrected chi connectivity index (χ3v) is 8.83. The van der Waals surface area contributed by atoms with Gasteiger partial charge in [-0.1, -0.05) is 77.3 Å². The van der Waals surface area contributed by atoms with Gasteiger partial charge in [0.1, 0.15) is 0 Å². The van der Waals surface area contributed by atoms with E-state index in [-0.39, 0.29) is 12.6 Å². The molecule has 0 spiro atoms. The van der Waals surface area contributed by atoms with Crippen molar-refractivity contribution in [3.63, 3.8) is 0 Å². The maximum absolute atomic E-state index is 13.7. The molecule has 0 N–H and O–H groups in total. The van der Waals surface area contributed by atoms with E-state index in [1.807, 2.05) is 60.7 Å². The topological polar surface area (TPSA) is 40.6 Å². The van der Waals surface area contributed by atoms with E-state index in [0.29, 0.717) is 33.1 Å². The first-order valence-corrected chi connectivity index (χ1v) is 13.4. The van der Waals surface area contributed by atoms with Gasteiger partial charge in [0.15, 0.2) is 0 Å². The molecule has 0 saturated carbocycles. The van der Waals surface area contributed by atoms with E-state index < -0.39 is 10.0 Å². The zero-order chi connectivity index (χ0) is 23.9. The van der Waals surface area contributed by atoms with Crippen LogP contribution in [-0.2, 0) is 10.0 Å². The Labute approximate surface area is 214 Å². The number of anilines is 1. The molecule has 0 aromatic heterocycles. The summed E-state index contributed by atoms with van der Waals surface area (Å²) in [5.74, 6) is 0. The fourth-order valence-corrected chi connectivity index (χ4v) is 6.54. The molecule has 1 atom stereocenters. The highest BCUT2D eigenvalue weighted by Crippen LogP contribution is 2.38. The van der Waals surface area contributed by atoms with Crippen LogP contribution in [0, 0.1) is 0 Å². The van der Waals surface area contributed by atoms with Crippen molar-refractivity contribution in [1.82, 2.24) is 4.31 Å². The second-order valence-corrected chi connectivity index (χ2v) is 11.4. The highest BCUT2D eigenvalue weighted by molar-refractivity contribution is 7.89. The Morgan fingerprint density at radius 3 is 2.18 bits per heavy atom. The predicted octanol–water partition coefficient (Wildman–Crippen LogP) is 7.05. The maximum Gasteiger partial charge on any atom is 0.243 e. The van der Waals surface area contributed by atoms with E-state index in [0.717, 1.165) is 22.0 Å². The summed E-state index contributed by atoms with van der Waals surface area (Å²) in [5, 5.41) is 3.59. The summed E-state index contributed by atoms with van der Waals surface area (Å²) in [6.07, 6.45) is 0. The van der Waals surface area contributed by atoms with Crippen LogP contribution >= 0.6 is 34.8 Å². The molecule has 8 heteroatoms. The van der Waals surface area contributed by atoms with Gasteiger partial charge in [-0.3, -0.25) is 0 Å². The van der Waals surface area contributed by atoms with Crippen LogP contribution in [0.3, 0.4) is 0 Å². The second-order valence-electron chi connectivity index (χ2n) is 8.23. The minimum atomic E-state index is -3.70. The summed E-state index contributed by atoms with van der Waals surface area (Å²) in [6.45, 7) is 1.08. The molecular weight excluding hydrogens is 511 g/mol. The molecule has 1 saturated heterocycles. The van der Waals surface area contributed by atoms with Gasteiger partial charge in [0, 0.05) is 29.7 Å². The Bertz CT molecular complexity index is 1460. The fraction of sp³-hybridized carbons (Fsp3) is 0.154. The van der Waals surface area contributed by atoms with Crippen LogP contribution in [0.5, 0.6) is 0 Å². The molecule has 0 aliphatic carbocycles. The Kier molecular flexibility index (Phi) is 6.49. The summed E-state index contributed by atoms with van der Waals surface area (Å²) >= 11 is 18.8. The molecule has 4 aromatic rings. The van der Waals surface area contributed by atoms with Crippen LogP contribution < -0.4 is 4.90 Å². The van der Waals surface area contributed by atoms with Crippen molar-refractivity contribution in [2.24, 2.45) is 0 Å². The normalized spacial score (nSPS) is 17.3. The monoisotopic (exact) mass is 530 g/mol. The smallest absolute Gasteiger partial charge is 0.243 e. The first-order valence-electron chi connectivity index (χ1n) is 10.8. The number of piperazine rings is 1. The molecule has 0 radical (unpaired) electrons. The van der Waals surface area contributed by atoms with Crippen molar-refractivity contribution < 1.29 is 8.42 Å². The van der Waals surface area contributed by atoms with Crippen LogP contribution in [0.25, 0.3) is 10.8 Å². The molecule has 1 aliphatic rings. The van der Waals surface area contributed by atoms with Crippen molar-refractivity contribution in [2.45, 2.75) is 10.9 Å². The van der Waals surface area contributed by atoms with Crippen molar-refractivity contribution in [1.29, 1.82) is 0 Å². The summed E-state index contributed by atoms with van der Waals surface area (Å²) in [6, 6.07) is 25.6. The van der Waals surface area contributed by atoms with Crippen molar-refractivity contribution in [3.05, 3.63) is 106 Å². The average molecular weight is 532 g/mol. The van der Waals surface area contributed by atoms with Crippen LogP contribution in [0.4, 0.5) is 5.69 Å². The Balaban J connectivity index is 1.52. The number of nitrogens with zero attached hydrogens (tertiary/aromatic N) is 2. The minimum Gasteiger partial charge on any atom is -0.361 e. The highest BCUT2D eigenvalue weighted by Gasteiger charge is 2.36. The SMILES string of the molecule is O=S(=O)(c1ccc2ccccc2c1)N1CCN(c2ccc(Cl)cc2Cl)C(c2ccc(Cl)cc2)C1. The molecule has 0 bridgehead atoms. The molecule has 4 aromatic carbocycles. The standard InChI is InChI=1S/C26H21Cl3N2O2S/c27-21-8-5-19(6-9-21)26-17-30(13-14-31(26)25-12-10-22(28)16-24(25)29)34(32,33)23-11-7-18-3-1-2-4-20(18)15-23/h1-12,15-16,26H,13-14,17H2. The number of benzene rings is 4. The van der Waals surface area contributed by atoms with Crippen LogP contribution in [0.15, 0.2) is 89.8 Å². The van der Waals surface area contributed by atoms with E-state index in [9.17, 15) is 8.42 Å². The maximum atomic E-state index is 13.7. The van der Waals surface area contributed by atoms with Gasteiger partial charge in [-0.15, -0.1) is 0 Å². The van der Waals surface area contributed by atoms with Gasteiger partial charge < -0.3 is 4.90 Å². The van der Waals surface area contributed by atoms with Gasteiger partial charge in [-0.2, -0.15) is 4.31 Å². The molecule has 1 unspecified atom stereocenters. The third kappa shape index (κ3) is 4.51. The second kappa shape index (κ2) is 9.40. The third-order valence-electron chi connectivity index (χ3n) is 6.18. The van der Waals surface area contributed by atoms with Crippen molar-refractivity contribution in [3.8, 4) is 0 Å². The van der Waals surface area contributed by atoms with Gasteiger partial charge in [-0.25, -0.2) is 8.42 Å². The number of hydrogen-bond donors (Lipinski definition) is 0. The first-order chi connectivity index (χ1) is 16.3. The van der Waals surface area contributed by atoms with Crippen LogP contribution in [-0.4, -0.2) is 32.4 Å². The number of halogens is 3. The van der Waals surface area contributed by atoms with Gasteiger partial charge in [0.25, 0.3) is 0 Å². The van der Waals surface area contributed by atoms with E-state index in [1.54, 1.807) is 28.6 Å². The minimum absolute atomic E-state index is 0.250.